The Morgan fingerprint density at radius 1 is 1.16 bits per heavy atom. The minimum absolute atomic E-state index is 0.0900. The number of nitrogens with one attached hydrogen (secondary N) is 1. The molecule has 4 heteroatoms. The minimum atomic E-state index is 0.0900. The Hall–Kier alpha value is -1.55. The molecule has 1 aromatic rings. The van der Waals surface area contributed by atoms with Gasteiger partial charge in [-0.05, 0) is 50.5 Å². The molecular formula is C21H32N2O2. The van der Waals surface area contributed by atoms with Crippen LogP contribution in [0.2, 0.25) is 0 Å². The first-order valence-corrected chi connectivity index (χ1v) is 9.94. The molecule has 0 bridgehead atoms. The van der Waals surface area contributed by atoms with Gasteiger partial charge in [0.1, 0.15) is 0 Å². The average Bonchev–Trinajstić information content (AvgIpc) is 2.87. The van der Waals surface area contributed by atoms with E-state index in [4.69, 9.17) is 4.74 Å². The molecular weight excluding hydrogens is 312 g/mol. The monoisotopic (exact) mass is 344 g/mol. The van der Waals surface area contributed by atoms with E-state index < -0.39 is 0 Å². The first-order chi connectivity index (χ1) is 12.2. The molecule has 3 rings (SSSR count). The third-order valence-electron chi connectivity index (χ3n) is 5.72. The lowest BCUT2D eigenvalue weighted by molar-refractivity contribution is 0.0605. The maximum atomic E-state index is 13.0. The predicted octanol–water partition coefficient (Wildman–Crippen LogP) is 4.52. The second-order valence-corrected chi connectivity index (χ2v) is 7.60. The van der Waals surface area contributed by atoms with Crippen LogP contribution in [0.25, 0.3) is 0 Å². The second-order valence-electron chi connectivity index (χ2n) is 7.60. The van der Waals surface area contributed by atoms with Crippen LogP contribution in [0.15, 0.2) is 30.3 Å². The molecule has 2 unspecified atom stereocenters. The molecule has 0 aromatic heterocycles. The lowest BCUT2D eigenvalue weighted by atomic mass is 9.89. The van der Waals surface area contributed by atoms with Crippen LogP contribution in [0.1, 0.15) is 63.5 Å². The molecule has 2 amide bonds. The Morgan fingerprint density at radius 2 is 1.92 bits per heavy atom. The smallest absolute Gasteiger partial charge is 0.318 e. The van der Waals surface area contributed by atoms with Crippen molar-refractivity contribution in [2.24, 2.45) is 5.92 Å². The van der Waals surface area contributed by atoms with Gasteiger partial charge >= 0.3 is 6.03 Å². The highest BCUT2D eigenvalue weighted by Gasteiger charge is 2.26. The number of hydrogen-bond donors (Lipinski definition) is 1. The van der Waals surface area contributed by atoms with E-state index in [9.17, 15) is 4.79 Å². The van der Waals surface area contributed by atoms with Gasteiger partial charge in [0.25, 0.3) is 0 Å². The Morgan fingerprint density at radius 3 is 2.68 bits per heavy atom. The average molecular weight is 344 g/mol. The van der Waals surface area contributed by atoms with E-state index in [2.05, 4.69) is 36.5 Å². The molecule has 0 saturated carbocycles. The highest BCUT2D eigenvalue weighted by Crippen LogP contribution is 2.28. The molecule has 4 nitrogen and oxygen atoms in total. The van der Waals surface area contributed by atoms with Crippen molar-refractivity contribution in [2.75, 3.05) is 19.8 Å². The first-order valence-electron chi connectivity index (χ1n) is 9.94. The van der Waals surface area contributed by atoms with Crippen LogP contribution in [-0.2, 0) is 4.74 Å². The van der Waals surface area contributed by atoms with E-state index in [1.165, 1.54) is 18.4 Å². The fraction of sp³-hybridized carbons (Fsp3) is 0.667. The fourth-order valence-corrected chi connectivity index (χ4v) is 4.09. The second kappa shape index (κ2) is 9.23. The maximum absolute atomic E-state index is 13.0. The Kier molecular flexibility index (Phi) is 6.74. The summed E-state index contributed by atoms with van der Waals surface area (Å²) in [6.07, 6.45) is 7.89. The van der Waals surface area contributed by atoms with Crippen LogP contribution in [0.5, 0.6) is 0 Å². The molecule has 2 atom stereocenters. The van der Waals surface area contributed by atoms with Crippen molar-refractivity contribution in [3.05, 3.63) is 35.9 Å². The molecule has 0 radical (unpaired) electrons. The summed E-state index contributed by atoms with van der Waals surface area (Å²) in [7, 11) is 0. The number of nitrogens with zero attached hydrogens (tertiary/aromatic N) is 1. The zero-order chi connectivity index (χ0) is 17.5. The molecule has 25 heavy (non-hydrogen) atoms. The first kappa shape index (κ1) is 18.2. The lowest BCUT2D eigenvalue weighted by Gasteiger charge is -2.32. The number of ether oxygens (including phenoxy) is 1. The number of rotatable bonds is 4. The number of amides is 2. The number of benzene rings is 1. The van der Waals surface area contributed by atoms with Gasteiger partial charge in [0, 0.05) is 25.8 Å². The Balaban J connectivity index is 1.68. The van der Waals surface area contributed by atoms with Crippen LogP contribution < -0.4 is 5.32 Å². The molecule has 2 fully saturated rings. The summed E-state index contributed by atoms with van der Waals surface area (Å²) in [5.74, 6) is 0.626. The third-order valence-corrected chi connectivity index (χ3v) is 5.72. The topological polar surface area (TPSA) is 41.6 Å². The summed E-state index contributed by atoms with van der Waals surface area (Å²) in [4.78, 5) is 15.0. The zero-order valence-corrected chi connectivity index (χ0v) is 15.5. The van der Waals surface area contributed by atoms with Crippen molar-refractivity contribution in [2.45, 2.75) is 64.0 Å². The van der Waals surface area contributed by atoms with Gasteiger partial charge in [0.2, 0.25) is 0 Å². The third kappa shape index (κ3) is 5.21. The molecule has 2 aliphatic rings. The van der Waals surface area contributed by atoms with E-state index in [1.807, 2.05) is 11.0 Å². The summed E-state index contributed by atoms with van der Waals surface area (Å²) >= 11 is 0. The lowest BCUT2D eigenvalue weighted by Crippen LogP contribution is -2.46. The number of carbonyl (C=O) groups is 1. The van der Waals surface area contributed by atoms with E-state index in [-0.39, 0.29) is 12.1 Å². The summed E-state index contributed by atoms with van der Waals surface area (Å²) < 4.78 is 5.50. The van der Waals surface area contributed by atoms with Crippen LogP contribution >= 0.6 is 0 Å². The Bertz CT molecular complexity index is 528. The van der Waals surface area contributed by atoms with E-state index >= 15 is 0 Å². The van der Waals surface area contributed by atoms with Crippen molar-refractivity contribution < 1.29 is 9.53 Å². The van der Waals surface area contributed by atoms with Gasteiger partial charge in [-0.15, -0.1) is 0 Å². The van der Waals surface area contributed by atoms with Crippen molar-refractivity contribution in [3.8, 4) is 0 Å². The van der Waals surface area contributed by atoms with Crippen molar-refractivity contribution in [1.82, 2.24) is 10.2 Å². The zero-order valence-electron chi connectivity index (χ0n) is 15.5. The summed E-state index contributed by atoms with van der Waals surface area (Å²) in [6.45, 7) is 4.76. The number of carbonyl (C=O) groups excluding carboxylic acids is 1. The number of likely N-dealkylation sites (tertiary alicyclic amines) is 1. The standard InChI is InChI=1S/C21H32N2O2/c1-17-8-4-3-7-13-23(17)21(24)22-20(19-9-5-2-6-10-19)16-18-11-14-25-15-12-18/h2,5-6,9-10,17-18,20H,3-4,7-8,11-16H2,1H3,(H,22,24). The molecule has 2 heterocycles. The summed E-state index contributed by atoms with van der Waals surface area (Å²) in [5.41, 5.74) is 1.21. The summed E-state index contributed by atoms with van der Waals surface area (Å²) in [5, 5.41) is 3.35. The van der Waals surface area contributed by atoms with Crippen LogP contribution in [0, 0.1) is 5.92 Å². The summed E-state index contributed by atoms with van der Waals surface area (Å²) in [6, 6.07) is 11.0. The van der Waals surface area contributed by atoms with Gasteiger partial charge < -0.3 is 15.0 Å². The molecule has 1 aromatic carbocycles. The van der Waals surface area contributed by atoms with Crippen LogP contribution in [0.4, 0.5) is 4.79 Å². The van der Waals surface area contributed by atoms with Gasteiger partial charge in [-0.3, -0.25) is 0 Å². The van der Waals surface area contributed by atoms with Gasteiger partial charge in [-0.1, -0.05) is 43.2 Å². The van der Waals surface area contributed by atoms with E-state index in [0.29, 0.717) is 12.0 Å². The highest BCUT2D eigenvalue weighted by atomic mass is 16.5. The van der Waals surface area contributed by atoms with Gasteiger partial charge in [0.05, 0.1) is 6.04 Å². The van der Waals surface area contributed by atoms with Crippen molar-refractivity contribution in [1.29, 1.82) is 0 Å². The normalized spacial score (nSPS) is 23.7. The largest absolute Gasteiger partial charge is 0.381 e. The molecule has 0 spiro atoms. The fourth-order valence-electron chi connectivity index (χ4n) is 4.09. The quantitative estimate of drug-likeness (QED) is 0.872. The minimum Gasteiger partial charge on any atom is -0.381 e. The predicted molar refractivity (Wildman–Crippen MR) is 101 cm³/mol. The SMILES string of the molecule is CC1CCCCCN1C(=O)NC(CC1CCOCC1)c1ccccc1. The Labute approximate surface area is 151 Å². The molecule has 2 aliphatic heterocycles. The molecule has 2 saturated heterocycles. The molecule has 138 valence electrons. The van der Waals surface area contributed by atoms with Crippen LogP contribution in [0.3, 0.4) is 0 Å². The van der Waals surface area contributed by atoms with Gasteiger partial charge in [0.15, 0.2) is 0 Å². The number of urea groups is 1. The van der Waals surface area contributed by atoms with Crippen molar-refractivity contribution >= 4 is 6.03 Å². The molecule has 1 N–H and O–H groups in total. The highest BCUT2D eigenvalue weighted by molar-refractivity contribution is 5.75. The number of hydrogen-bond acceptors (Lipinski definition) is 2. The van der Waals surface area contributed by atoms with E-state index in [0.717, 1.165) is 51.9 Å². The van der Waals surface area contributed by atoms with Crippen LogP contribution in [-0.4, -0.2) is 36.7 Å². The van der Waals surface area contributed by atoms with Crippen molar-refractivity contribution in [3.63, 3.8) is 0 Å². The van der Waals surface area contributed by atoms with Gasteiger partial charge in [-0.25, -0.2) is 4.79 Å². The molecule has 0 aliphatic carbocycles. The van der Waals surface area contributed by atoms with Gasteiger partial charge in [-0.2, -0.15) is 0 Å². The van der Waals surface area contributed by atoms with E-state index in [1.54, 1.807) is 0 Å². The maximum Gasteiger partial charge on any atom is 0.318 e.